The van der Waals surface area contributed by atoms with Gasteiger partial charge in [-0.05, 0) is 44.0 Å². The van der Waals surface area contributed by atoms with Crippen LogP contribution < -0.4 is 5.32 Å². The van der Waals surface area contributed by atoms with Crippen LogP contribution in [0.15, 0.2) is 24.3 Å². The molecule has 100 valence electrons. The van der Waals surface area contributed by atoms with E-state index < -0.39 is 0 Å². The number of rotatable bonds is 5. The molecule has 1 saturated heterocycles. The second kappa shape index (κ2) is 6.35. The molecular weight excluding hydrogens is 220 g/mol. The molecule has 0 amide bonds. The van der Waals surface area contributed by atoms with Gasteiger partial charge in [-0.1, -0.05) is 38.1 Å². The molecule has 0 radical (unpaired) electrons. The summed E-state index contributed by atoms with van der Waals surface area (Å²) in [5.41, 5.74) is 2.86. The highest BCUT2D eigenvalue weighted by atomic mass is 15.2. The van der Waals surface area contributed by atoms with E-state index in [9.17, 15) is 0 Å². The van der Waals surface area contributed by atoms with E-state index in [4.69, 9.17) is 0 Å². The molecule has 0 saturated carbocycles. The lowest BCUT2D eigenvalue weighted by molar-refractivity contribution is 0.379. The molecule has 1 N–H and O–H groups in total. The Kier molecular flexibility index (Phi) is 4.79. The lowest BCUT2D eigenvalue weighted by Gasteiger charge is -2.22. The Morgan fingerprint density at radius 1 is 1.28 bits per heavy atom. The van der Waals surface area contributed by atoms with Gasteiger partial charge >= 0.3 is 0 Å². The number of hydrogen-bond donors (Lipinski definition) is 1. The molecule has 2 nitrogen and oxygen atoms in total. The Bertz CT molecular complexity index is 358. The van der Waals surface area contributed by atoms with E-state index in [2.05, 4.69) is 55.4 Å². The minimum atomic E-state index is 0.507. The van der Waals surface area contributed by atoms with E-state index in [1.54, 1.807) is 0 Å². The molecule has 0 spiro atoms. The molecule has 2 unspecified atom stereocenters. The topological polar surface area (TPSA) is 15.3 Å². The second-order valence-electron chi connectivity index (χ2n) is 5.47. The molecule has 2 heteroatoms. The minimum Gasteiger partial charge on any atom is -0.306 e. The first-order valence-corrected chi connectivity index (χ1v) is 7.26. The zero-order chi connectivity index (χ0) is 13.0. The zero-order valence-corrected chi connectivity index (χ0v) is 11.9. The van der Waals surface area contributed by atoms with Crippen molar-refractivity contribution in [2.45, 2.75) is 45.2 Å². The molecule has 18 heavy (non-hydrogen) atoms. The largest absolute Gasteiger partial charge is 0.306 e. The molecular formula is C16H26N2. The fourth-order valence-corrected chi connectivity index (χ4v) is 2.79. The fourth-order valence-electron chi connectivity index (χ4n) is 2.79. The summed E-state index contributed by atoms with van der Waals surface area (Å²) in [7, 11) is 2.21. The second-order valence-corrected chi connectivity index (χ2v) is 5.47. The molecule has 0 bridgehead atoms. The van der Waals surface area contributed by atoms with E-state index in [0.717, 1.165) is 12.8 Å². The lowest BCUT2D eigenvalue weighted by Crippen LogP contribution is -2.34. The molecule has 1 heterocycles. The highest BCUT2D eigenvalue weighted by Crippen LogP contribution is 2.20. The smallest absolute Gasteiger partial charge is 0.0320 e. The maximum absolute atomic E-state index is 3.81. The van der Waals surface area contributed by atoms with Crippen molar-refractivity contribution >= 4 is 0 Å². The molecule has 1 aromatic rings. The van der Waals surface area contributed by atoms with E-state index in [1.807, 2.05) is 0 Å². The molecule has 1 fully saturated rings. The van der Waals surface area contributed by atoms with Crippen molar-refractivity contribution in [1.82, 2.24) is 10.2 Å². The van der Waals surface area contributed by atoms with Gasteiger partial charge in [0.05, 0.1) is 0 Å². The summed E-state index contributed by atoms with van der Waals surface area (Å²) in [5.74, 6) is 0. The summed E-state index contributed by atoms with van der Waals surface area (Å²) < 4.78 is 0. The van der Waals surface area contributed by atoms with Gasteiger partial charge < -0.3 is 10.2 Å². The Labute approximate surface area is 111 Å². The molecule has 0 aliphatic carbocycles. The number of likely N-dealkylation sites (N-methyl/N-ethyl adjacent to an activating group) is 1. The normalized spacial score (nSPS) is 22.3. The van der Waals surface area contributed by atoms with E-state index in [-0.39, 0.29) is 0 Å². The molecule has 1 aliphatic rings. The van der Waals surface area contributed by atoms with Crippen LogP contribution >= 0.6 is 0 Å². The number of aryl methyl sites for hydroxylation is 1. The van der Waals surface area contributed by atoms with E-state index in [1.165, 1.54) is 30.6 Å². The number of hydrogen-bond acceptors (Lipinski definition) is 2. The third kappa shape index (κ3) is 3.33. The quantitative estimate of drug-likeness (QED) is 0.859. The summed E-state index contributed by atoms with van der Waals surface area (Å²) in [6, 6.07) is 10.3. The van der Waals surface area contributed by atoms with Crippen LogP contribution in [0.2, 0.25) is 0 Å². The van der Waals surface area contributed by atoms with Crippen LogP contribution in [0.25, 0.3) is 0 Å². The van der Waals surface area contributed by atoms with Crippen LogP contribution in [-0.4, -0.2) is 31.1 Å². The molecule has 0 aromatic heterocycles. The third-order valence-corrected chi connectivity index (χ3v) is 4.03. The maximum Gasteiger partial charge on any atom is 0.0320 e. The summed E-state index contributed by atoms with van der Waals surface area (Å²) in [5, 5.41) is 3.81. The van der Waals surface area contributed by atoms with Crippen LogP contribution in [0.1, 0.15) is 43.9 Å². The van der Waals surface area contributed by atoms with Gasteiger partial charge in [-0.15, -0.1) is 0 Å². The standard InChI is InChI=1S/C16H26N2/c1-4-13-6-8-14(9-7-13)16(5-2)17-15-10-11-18(3)12-15/h6-9,15-17H,4-5,10-12H2,1-3H3. The van der Waals surface area contributed by atoms with Gasteiger partial charge in [-0.3, -0.25) is 0 Å². The Morgan fingerprint density at radius 3 is 2.50 bits per heavy atom. The van der Waals surface area contributed by atoms with Gasteiger partial charge in [0, 0.05) is 18.6 Å². The summed E-state index contributed by atoms with van der Waals surface area (Å²) >= 11 is 0. The minimum absolute atomic E-state index is 0.507. The lowest BCUT2D eigenvalue weighted by atomic mass is 10.0. The number of likely N-dealkylation sites (tertiary alicyclic amines) is 1. The summed E-state index contributed by atoms with van der Waals surface area (Å²) in [6.07, 6.45) is 3.56. The molecule has 2 atom stereocenters. The predicted molar refractivity (Wildman–Crippen MR) is 77.9 cm³/mol. The molecule has 2 rings (SSSR count). The first kappa shape index (κ1) is 13.6. The van der Waals surface area contributed by atoms with Gasteiger partial charge in [0.15, 0.2) is 0 Å². The Hall–Kier alpha value is -0.860. The van der Waals surface area contributed by atoms with Crippen LogP contribution in [-0.2, 0) is 6.42 Å². The molecule has 1 aliphatic heterocycles. The van der Waals surface area contributed by atoms with Gasteiger partial charge in [-0.25, -0.2) is 0 Å². The maximum atomic E-state index is 3.81. The van der Waals surface area contributed by atoms with Crippen molar-refractivity contribution in [3.63, 3.8) is 0 Å². The third-order valence-electron chi connectivity index (χ3n) is 4.03. The van der Waals surface area contributed by atoms with Crippen LogP contribution in [0.3, 0.4) is 0 Å². The number of nitrogens with zero attached hydrogens (tertiary/aromatic N) is 1. The van der Waals surface area contributed by atoms with Crippen molar-refractivity contribution < 1.29 is 0 Å². The van der Waals surface area contributed by atoms with Crippen molar-refractivity contribution in [2.24, 2.45) is 0 Å². The SMILES string of the molecule is CCc1ccc(C(CC)NC2CCN(C)C2)cc1. The summed E-state index contributed by atoms with van der Waals surface area (Å²) in [6.45, 7) is 6.88. The average molecular weight is 246 g/mol. The van der Waals surface area contributed by atoms with Crippen molar-refractivity contribution in [1.29, 1.82) is 0 Å². The van der Waals surface area contributed by atoms with Crippen LogP contribution in [0, 0.1) is 0 Å². The van der Waals surface area contributed by atoms with Crippen molar-refractivity contribution in [3.8, 4) is 0 Å². The van der Waals surface area contributed by atoms with Gasteiger partial charge in [-0.2, -0.15) is 0 Å². The highest BCUT2D eigenvalue weighted by molar-refractivity contribution is 5.25. The van der Waals surface area contributed by atoms with E-state index >= 15 is 0 Å². The van der Waals surface area contributed by atoms with Crippen molar-refractivity contribution in [3.05, 3.63) is 35.4 Å². The zero-order valence-electron chi connectivity index (χ0n) is 11.9. The first-order valence-electron chi connectivity index (χ1n) is 7.26. The monoisotopic (exact) mass is 246 g/mol. The summed E-state index contributed by atoms with van der Waals surface area (Å²) in [4.78, 5) is 2.41. The van der Waals surface area contributed by atoms with Crippen LogP contribution in [0.5, 0.6) is 0 Å². The predicted octanol–water partition coefficient (Wildman–Crippen LogP) is 2.99. The van der Waals surface area contributed by atoms with Gasteiger partial charge in [0.25, 0.3) is 0 Å². The van der Waals surface area contributed by atoms with Gasteiger partial charge in [0.1, 0.15) is 0 Å². The van der Waals surface area contributed by atoms with Crippen LogP contribution in [0.4, 0.5) is 0 Å². The van der Waals surface area contributed by atoms with Crippen molar-refractivity contribution in [2.75, 3.05) is 20.1 Å². The average Bonchev–Trinajstić information content (AvgIpc) is 2.82. The van der Waals surface area contributed by atoms with E-state index in [0.29, 0.717) is 12.1 Å². The molecule has 1 aromatic carbocycles. The number of benzene rings is 1. The van der Waals surface area contributed by atoms with Gasteiger partial charge in [0.2, 0.25) is 0 Å². The Balaban J connectivity index is 1.98. The Morgan fingerprint density at radius 2 is 2.00 bits per heavy atom. The first-order chi connectivity index (χ1) is 8.72. The highest BCUT2D eigenvalue weighted by Gasteiger charge is 2.22. The fraction of sp³-hybridized carbons (Fsp3) is 0.625. The number of nitrogens with one attached hydrogen (secondary N) is 1.